The van der Waals surface area contributed by atoms with Gasteiger partial charge in [0.05, 0.1) is 5.57 Å². The topological polar surface area (TPSA) is 78.4 Å². The van der Waals surface area contributed by atoms with E-state index < -0.39 is 11.7 Å². The van der Waals surface area contributed by atoms with Crippen LogP contribution >= 0.6 is 0 Å². The van der Waals surface area contributed by atoms with E-state index in [2.05, 4.69) is 5.32 Å². The molecule has 3 N–H and O–H groups in total. The molecule has 6 heteroatoms. The summed E-state index contributed by atoms with van der Waals surface area (Å²) >= 11 is 0. The number of nitrogens with one attached hydrogen (secondary N) is 2. The van der Waals surface area contributed by atoms with Crippen LogP contribution in [0.4, 0.5) is 4.39 Å². The summed E-state index contributed by atoms with van der Waals surface area (Å²) in [6, 6.07) is 13.4. The molecule has 0 atom stereocenters. The van der Waals surface area contributed by atoms with Gasteiger partial charge < -0.3 is 5.32 Å². The fourth-order valence-corrected chi connectivity index (χ4v) is 2.52. The molecule has 1 aliphatic rings. The molecular formula is C21H19FN2O3. The van der Waals surface area contributed by atoms with Crippen LogP contribution in [0.25, 0.3) is 17.7 Å². The zero-order valence-electron chi connectivity index (χ0n) is 14.5. The van der Waals surface area contributed by atoms with Crippen molar-refractivity contribution in [2.24, 2.45) is 0 Å². The molecule has 2 aromatic rings. The Labute approximate surface area is 156 Å². The summed E-state index contributed by atoms with van der Waals surface area (Å²) in [4.78, 5) is 23.6. The van der Waals surface area contributed by atoms with E-state index >= 15 is 0 Å². The Hall–Kier alpha value is -3.25. The highest BCUT2D eigenvalue weighted by Crippen LogP contribution is 2.25. The van der Waals surface area contributed by atoms with Crippen molar-refractivity contribution in [2.45, 2.75) is 18.9 Å². The number of carbonyl (C=O) groups excluding carboxylic acids is 2. The van der Waals surface area contributed by atoms with Crippen LogP contribution in [0.15, 0.2) is 54.6 Å². The number of benzene rings is 2. The smallest absolute Gasteiger partial charge is 0.267 e. The quantitative estimate of drug-likeness (QED) is 0.318. The van der Waals surface area contributed by atoms with E-state index in [1.807, 2.05) is 0 Å². The van der Waals surface area contributed by atoms with Gasteiger partial charge in [-0.05, 0) is 42.2 Å². The van der Waals surface area contributed by atoms with Crippen LogP contribution in [-0.2, 0) is 9.59 Å². The Kier molecular flexibility index (Phi) is 5.78. The molecule has 0 bridgehead atoms. The summed E-state index contributed by atoms with van der Waals surface area (Å²) in [6.07, 6.45) is 6.26. The molecule has 0 aromatic heterocycles. The number of hydroxylamine groups is 1. The molecule has 0 saturated heterocycles. The number of halogens is 1. The highest BCUT2D eigenvalue weighted by molar-refractivity contribution is 6.24. The summed E-state index contributed by atoms with van der Waals surface area (Å²) in [6.45, 7) is 0. The summed E-state index contributed by atoms with van der Waals surface area (Å²) in [5.41, 5.74) is 3.50. The van der Waals surface area contributed by atoms with Crippen LogP contribution < -0.4 is 10.8 Å². The highest BCUT2D eigenvalue weighted by atomic mass is 19.1. The standard InChI is InChI=1S/C21H19FN2O3/c22-19-4-2-1-3-17(19)18(21(26)23-16-10-11-16)13-15-7-5-14(6-8-15)9-12-20(25)24-27/h1-9,12-13,16,27H,10-11H2,(H,23,26)(H,24,25)/b12-9+,18-13-. The second-order valence-corrected chi connectivity index (χ2v) is 6.26. The number of carbonyl (C=O) groups is 2. The number of hydrogen-bond acceptors (Lipinski definition) is 3. The second-order valence-electron chi connectivity index (χ2n) is 6.26. The first-order chi connectivity index (χ1) is 13.1. The first kappa shape index (κ1) is 18.5. The van der Waals surface area contributed by atoms with Crippen molar-refractivity contribution in [1.29, 1.82) is 0 Å². The van der Waals surface area contributed by atoms with Gasteiger partial charge in [-0.15, -0.1) is 0 Å². The molecule has 3 rings (SSSR count). The predicted molar refractivity (Wildman–Crippen MR) is 101 cm³/mol. The molecule has 2 aromatic carbocycles. The molecule has 5 nitrogen and oxygen atoms in total. The van der Waals surface area contributed by atoms with Crippen LogP contribution in [-0.4, -0.2) is 23.1 Å². The normalized spacial score (nSPS) is 14.2. The maximum atomic E-state index is 14.2. The lowest BCUT2D eigenvalue weighted by Crippen LogP contribution is -2.26. The minimum absolute atomic E-state index is 0.165. The van der Waals surface area contributed by atoms with Crippen LogP contribution in [0.2, 0.25) is 0 Å². The molecule has 0 aliphatic heterocycles. The number of hydrogen-bond donors (Lipinski definition) is 3. The molecule has 27 heavy (non-hydrogen) atoms. The molecule has 138 valence electrons. The fraction of sp³-hybridized carbons (Fsp3) is 0.143. The second kappa shape index (κ2) is 8.42. The zero-order valence-corrected chi connectivity index (χ0v) is 14.5. The largest absolute Gasteiger partial charge is 0.349 e. The molecule has 0 unspecified atom stereocenters. The van der Waals surface area contributed by atoms with Gasteiger partial charge in [0, 0.05) is 17.7 Å². The van der Waals surface area contributed by atoms with E-state index in [0.717, 1.165) is 24.0 Å². The first-order valence-corrected chi connectivity index (χ1v) is 8.56. The molecule has 1 saturated carbocycles. The summed E-state index contributed by atoms with van der Waals surface area (Å²) in [7, 11) is 0. The van der Waals surface area contributed by atoms with E-state index in [4.69, 9.17) is 5.21 Å². The van der Waals surface area contributed by atoms with Crippen molar-refractivity contribution < 1.29 is 19.2 Å². The third kappa shape index (κ3) is 5.12. The molecular weight excluding hydrogens is 347 g/mol. The van der Waals surface area contributed by atoms with Crippen molar-refractivity contribution in [3.63, 3.8) is 0 Å². The van der Waals surface area contributed by atoms with Gasteiger partial charge in [-0.2, -0.15) is 0 Å². The van der Waals surface area contributed by atoms with Crippen LogP contribution in [0.1, 0.15) is 29.5 Å². The van der Waals surface area contributed by atoms with Gasteiger partial charge in [-0.1, -0.05) is 42.5 Å². The SMILES string of the molecule is O=C(/C=C/c1ccc(/C=C(\C(=O)NC2CC2)c2ccccc2F)cc1)NO. The molecule has 0 heterocycles. The van der Waals surface area contributed by atoms with Gasteiger partial charge in [0.1, 0.15) is 5.82 Å². The lowest BCUT2D eigenvalue weighted by atomic mass is 10.0. The summed E-state index contributed by atoms with van der Waals surface area (Å²) < 4.78 is 14.2. The van der Waals surface area contributed by atoms with Crippen LogP contribution in [0, 0.1) is 5.82 Å². The molecule has 0 radical (unpaired) electrons. The van der Waals surface area contributed by atoms with Crippen molar-refractivity contribution in [3.8, 4) is 0 Å². The van der Waals surface area contributed by atoms with Gasteiger partial charge in [0.15, 0.2) is 0 Å². The third-order valence-corrected chi connectivity index (χ3v) is 4.11. The van der Waals surface area contributed by atoms with Gasteiger partial charge >= 0.3 is 0 Å². The van der Waals surface area contributed by atoms with Gasteiger partial charge in [0.2, 0.25) is 0 Å². The van der Waals surface area contributed by atoms with Gasteiger partial charge in [-0.25, -0.2) is 9.87 Å². The van der Waals surface area contributed by atoms with E-state index in [1.54, 1.807) is 48.5 Å². The Balaban J connectivity index is 1.88. The van der Waals surface area contributed by atoms with Gasteiger partial charge in [-0.3, -0.25) is 14.8 Å². The Morgan fingerprint density at radius 1 is 1.04 bits per heavy atom. The van der Waals surface area contributed by atoms with E-state index in [0.29, 0.717) is 0 Å². The lowest BCUT2D eigenvalue weighted by molar-refractivity contribution is -0.124. The van der Waals surface area contributed by atoms with E-state index in [-0.39, 0.29) is 23.1 Å². The Bertz CT molecular complexity index is 900. The van der Waals surface area contributed by atoms with Crippen molar-refractivity contribution in [2.75, 3.05) is 0 Å². The minimum atomic E-state index is -0.627. The Morgan fingerprint density at radius 2 is 1.70 bits per heavy atom. The molecule has 1 fully saturated rings. The maximum absolute atomic E-state index is 14.2. The average Bonchev–Trinajstić information content (AvgIpc) is 3.49. The summed E-state index contributed by atoms with van der Waals surface area (Å²) in [5, 5.41) is 11.4. The van der Waals surface area contributed by atoms with Crippen molar-refractivity contribution in [3.05, 3.63) is 77.1 Å². The maximum Gasteiger partial charge on any atom is 0.267 e. The monoisotopic (exact) mass is 366 g/mol. The summed E-state index contributed by atoms with van der Waals surface area (Å²) in [5.74, 6) is -1.38. The van der Waals surface area contributed by atoms with Crippen molar-refractivity contribution in [1.82, 2.24) is 10.8 Å². The lowest BCUT2D eigenvalue weighted by Gasteiger charge is -2.10. The Morgan fingerprint density at radius 3 is 2.33 bits per heavy atom. The number of amides is 2. The minimum Gasteiger partial charge on any atom is -0.349 e. The average molecular weight is 366 g/mol. The van der Waals surface area contributed by atoms with E-state index in [9.17, 15) is 14.0 Å². The first-order valence-electron chi connectivity index (χ1n) is 8.56. The van der Waals surface area contributed by atoms with Crippen molar-refractivity contribution >= 4 is 29.5 Å². The molecule has 1 aliphatic carbocycles. The molecule has 0 spiro atoms. The van der Waals surface area contributed by atoms with Crippen LogP contribution in [0.3, 0.4) is 0 Å². The third-order valence-electron chi connectivity index (χ3n) is 4.11. The van der Waals surface area contributed by atoms with Crippen LogP contribution in [0.5, 0.6) is 0 Å². The molecule has 2 amide bonds. The number of rotatable bonds is 6. The predicted octanol–water partition coefficient (Wildman–Crippen LogP) is 3.16. The highest BCUT2D eigenvalue weighted by Gasteiger charge is 2.26. The van der Waals surface area contributed by atoms with Gasteiger partial charge in [0.25, 0.3) is 11.8 Å². The zero-order chi connectivity index (χ0) is 19.2. The van der Waals surface area contributed by atoms with E-state index in [1.165, 1.54) is 23.7 Å². The fourth-order valence-electron chi connectivity index (χ4n) is 2.52.